The van der Waals surface area contributed by atoms with E-state index in [9.17, 15) is 4.79 Å². The zero-order valence-electron chi connectivity index (χ0n) is 12.4. The van der Waals surface area contributed by atoms with E-state index in [2.05, 4.69) is 48.3 Å². The van der Waals surface area contributed by atoms with E-state index in [0.717, 1.165) is 13.1 Å². The lowest BCUT2D eigenvalue weighted by Gasteiger charge is -2.25. The first-order valence-electron chi connectivity index (χ1n) is 6.73. The molecule has 0 aliphatic carbocycles. The summed E-state index contributed by atoms with van der Waals surface area (Å²) in [6, 6.07) is 8.37. The summed E-state index contributed by atoms with van der Waals surface area (Å²) in [5, 5.41) is 2.87. The molecule has 1 aromatic carbocycles. The highest BCUT2D eigenvalue weighted by Gasteiger charge is 2.21. The van der Waals surface area contributed by atoms with E-state index in [4.69, 9.17) is 5.73 Å². The van der Waals surface area contributed by atoms with Crippen molar-refractivity contribution in [2.75, 3.05) is 24.5 Å². The van der Waals surface area contributed by atoms with Gasteiger partial charge >= 0.3 is 0 Å². The second kappa shape index (κ2) is 6.57. The summed E-state index contributed by atoms with van der Waals surface area (Å²) in [6.07, 6.45) is 0. The summed E-state index contributed by atoms with van der Waals surface area (Å²) < 4.78 is 0. The van der Waals surface area contributed by atoms with Gasteiger partial charge in [-0.3, -0.25) is 4.79 Å². The number of hydrogen-bond donors (Lipinski definition) is 2. The van der Waals surface area contributed by atoms with E-state index in [1.807, 2.05) is 0 Å². The van der Waals surface area contributed by atoms with Gasteiger partial charge in [-0.15, -0.1) is 0 Å². The molecule has 0 radical (unpaired) electrons. The van der Waals surface area contributed by atoms with Gasteiger partial charge in [0.2, 0.25) is 5.91 Å². The van der Waals surface area contributed by atoms with Crippen molar-refractivity contribution < 1.29 is 4.79 Å². The Balaban J connectivity index is 2.53. The largest absolute Gasteiger partial charge is 0.370 e. The van der Waals surface area contributed by atoms with E-state index in [1.54, 1.807) is 13.8 Å². The topological polar surface area (TPSA) is 58.4 Å². The number of anilines is 1. The summed E-state index contributed by atoms with van der Waals surface area (Å²) in [4.78, 5) is 13.9. The maximum atomic E-state index is 11.7. The summed E-state index contributed by atoms with van der Waals surface area (Å²) in [5.74, 6) is -0.118. The van der Waals surface area contributed by atoms with E-state index in [1.165, 1.54) is 11.3 Å². The number of carbonyl (C=O) groups is 1. The van der Waals surface area contributed by atoms with Crippen molar-refractivity contribution in [1.29, 1.82) is 0 Å². The van der Waals surface area contributed by atoms with Crippen molar-refractivity contribution in [3.05, 3.63) is 29.8 Å². The van der Waals surface area contributed by atoms with E-state index >= 15 is 0 Å². The van der Waals surface area contributed by atoms with Gasteiger partial charge in [0.05, 0.1) is 5.54 Å². The van der Waals surface area contributed by atoms with Crippen LogP contribution in [-0.2, 0) is 4.79 Å². The highest BCUT2D eigenvalue weighted by Crippen LogP contribution is 2.14. The molecule has 1 aromatic rings. The molecule has 3 N–H and O–H groups in total. The number of aryl methyl sites for hydroxylation is 1. The second-order valence-electron chi connectivity index (χ2n) is 5.40. The van der Waals surface area contributed by atoms with Crippen LogP contribution in [0.1, 0.15) is 26.3 Å². The number of hydrogen-bond acceptors (Lipinski definition) is 3. The summed E-state index contributed by atoms with van der Waals surface area (Å²) in [6.45, 7) is 9.89. The first-order chi connectivity index (χ1) is 8.84. The Morgan fingerprint density at radius 3 is 2.63 bits per heavy atom. The van der Waals surface area contributed by atoms with Gasteiger partial charge in [0, 0.05) is 25.3 Å². The molecule has 0 atom stereocenters. The lowest BCUT2D eigenvalue weighted by molar-refractivity contribution is -0.125. The fourth-order valence-corrected chi connectivity index (χ4v) is 1.83. The third kappa shape index (κ3) is 4.91. The molecule has 1 rings (SSSR count). The molecule has 0 saturated heterocycles. The van der Waals surface area contributed by atoms with Crippen molar-refractivity contribution in [2.24, 2.45) is 5.73 Å². The Morgan fingerprint density at radius 1 is 1.42 bits per heavy atom. The molecule has 1 amide bonds. The van der Waals surface area contributed by atoms with Gasteiger partial charge in [0.25, 0.3) is 0 Å². The summed E-state index contributed by atoms with van der Waals surface area (Å²) >= 11 is 0. The van der Waals surface area contributed by atoms with Crippen LogP contribution in [0.5, 0.6) is 0 Å². The first-order valence-corrected chi connectivity index (χ1v) is 6.73. The number of nitrogens with one attached hydrogen (secondary N) is 1. The molecule has 0 aliphatic heterocycles. The minimum atomic E-state index is -0.819. The Morgan fingerprint density at radius 2 is 2.11 bits per heavy atom. The molecule has 0 spiro atoms. The van der Waals surface area contributed by atoms with Crippen molar-refractivity contribution in [3.8, 4) is 0 Å². The van der Waals surface area contributed by atoms with Crippen molar-refractivity contribution in [1.82, 2.24) is 5.32 Å². The lowest BCUT2D eigenvalue weighted by Crippen LogP contribution is -2.50. The molecule has 19 heavy (non-hydrogen) atoms. The predicted molar refractivity (Wildman–Crippen MR) is 80.3 cm³/mol. The SMILES string of the molecule is CCN(CCNC(=O)C(C)(C)N)c1cccc(C)c1. The van der Waals surface area contributed by atoms with Gasteiger partial charge in [-0.05, 0) is 45.4 Å². The highest BCUT2D eigenvalue weighted by molar-refractivity contribution is 5.85. The van der Waals surface area contributed by atoms with Gasteiger partial charge in [-0.2, -0.15) is 0 Å². The number of nitrogens with two attached hydrogens (primary N) is 1. The molecular weight excluding hydrogens is 238 g/mol. The Bertz CT molecular complexity index is 424. The summed E-state index contributed by atoms with van der Waals surface area (Å²) in [7, 11) is 0. The number of nitrogens with zero attached hydrogens (tertiary/aromatic N) is 1. The van der Waals surface area contributed by atoms with Crippen LogP contribution in [0.15, 0.2) is 24.3 Å². The van der Waals surface area contributed by atoms with Gasteiger partial charge in [-0.1, -0.05) is 12.1 Å². The molecule has 4 nitrogen and oxygen atoms in total. The minimum absolute atomic E-state index is 0.118. The molecular formula is C15H25N3O. The molecule has 106 valence electrons. The number of carbonyl (C=O) groups excluding carboxylic acids is 1. The maximum absolute atomic E-state index is 11.7. The number of rotatable bonds is 6. The molecule has 4 heteroatoms. The predicted octanol–water partition coefficient (Wildman–Crippen LogP) is 1.67. The van der Waals surface area contributed by atoms with Crippen LogP contribution in [0.4, 0.5) is 5.69 Å². The van der Waals surface area contributed by atoms with Crippen molar-refractivity contribution in [2.45, 2.75) is 33.2 Å². The van der Waals surface area contributed by atoms with Gasteiger partial charge in [0.15, 0.2) is 0 Å². The third-order valence-corrected chi connectivity index (χ3v) is 3.00. The van der Waals surface area contributed by atoms with Crippen LogP contribution in [-0.4, -0.2) is 31.1 Å². The number of likely N-dealkylation sites (N-methyl/N-ethyl adjacent to an activating group) is 1. The average Bonchev–Trinajstić information content (AvgIpc) is 2.33. The molecule has 0 aromatic heterocycles. The molecule has 0 unspecified atom stereocenters. The van der Waals surface area contributed by atoms with Crippen LogP contribution in [0.25, 0.3) is 0 Å². The number of amides is 1. The maximum Gasteiger partial charge on any atom is 0.239 e. The third-order valence-electron chi connectivity index (χ3n) is 3.00. The summed E-state index contributed by atoms with van der Waals surface area (Å²) in [5.41, 5.74) is 7.34. The molecule has 0 bridgehead atoms. The van der Waals surface area contributed by atoms with E-state index in [0.29, 0.717) is 6.54 Å². The zero-order valence-corrected chi connectivity index (χ0v) is 12.4. The molecule has 0 aliphatic rings. The number of benzene rings is 1. The van der Waals surface area contributed by atoms with Crippen LogP contribution >= 0.6 is 0 Å². The van der Waals surface area contributed by atoms with Crippen molar-refractivity contribution >= 4 is 11.6 Å². The lowest BCUT2D eigenvalue weighted by atomic mass is 10.1. The van der Waals surface area contributed by atoms with Crippen LogP contribution in [0, 0.1) is 6.92 Å². The highest BCUT2D eigenvalue weighted by atomic mass is 16.2. The fourth-order valence-electron chi connectivity index (χ4n) is 1.83. The van der Waals surface area contributed by atoms with Crippen LogP contribution < -0.4 is 16.0 Å². The van der Waals surface area contributed by atoms with Gasteiger partial charge in [-0.25, -0.2) is 0 Å². The molecule has 0 saturated carbocycles. The monoisotopic (exact) mass is 263 g/mol. The normalized spacial score (nSPS) is 11.2. The Labute approximate surface area is 116 Å². The first kappa shape index (κ1) is 15.5. The van der Waals surface area contributed by atoms with Crippen LogP contribution in [0.3, 0.4) is 0 Å². The molecule has 0 fully saturated rings. The average molecular weight is 263 g/mol. The zero-order chi connectivity index (χ0) is 14.5. The smallest absolute Gasteiger partial charge is 0.239 e. The Hall–Kier alpha value is -1.55. The van der Waals surface area contributed by atoms with Crippen molar-refractivity contribution in [3.63, 3.8) is 0 Å². The quantitative estimate of drug-likeness (QED) is 0.821. The molecule has 0 heterocycles. The fraction of sp³-hybridized carbons (Fsp3) is 0.533. The second-order valence-corrected chi connectivity index (χ2v) is 5.40. The van der Waals surface area contributed by atoms with E-state index in [-0.39, 0.29) is 5.91 Å². The minimum Gasteiger partial charge on any atom is -0.370 e. The van der Waals surface area contributed by atoms with Crippen LogP contribution in [0.2, 0.25) is 0 Å². The van der Waals surface area contributed by atoms with Gasteiger partial charge < -0.3 is 16.0 Å². The Kier molecular flexibility index (Phi) is 5.36. The standard InChI is InChI=1S/C15H25N3O/c1-5-18(13-8-6-7-12(2)11-13)10-9-17-14(19)15(3,4)16/h6-8,11H,5,9-10,16H2,1-4H3,(H,17,19). The van der Waals surface area contributed by atoms with Gasteiger partial charge in [0.1, 0.15) is 0 Å². The van der Waals surface area contributed by atoms with E-state index < -0.39 is 5.54 Å².